The first-order chi connectivity index (χ1) is 13.7. The largest absolute Gasteiger partial charge is 0.339 e. The summed E-state index contributed by atoms with van der Waals surface area (Å²) in [6.07, 6.45) is 5.05. The van der Waals surface area contributed by atoms with Crippen LogP contribution in [0.1, 0.15) is 34.8 Å². The van der Waals surface area contributed by atoms with E-state index in [1.165, 1.54) is 0 Å². The normalized spacial score (nSPS) is 20.8. The molecule has 0 bridgehead atoms. The molecule has 2 fully saturated rings. The summed E-state index contributed by atoms with van der Waals surface area (Å²) in [5, 5.41) is 3.39. The van der Waals surface area contributed by atoms with Gasteiger partial charge in [-0.15, -0.1) is 0 Å². The predicted molar refractivity (Wildman–Crippen MR) is 107 cm³/mol. The average Bonchev–Trinajstić information content (AvgIpc) is 2.79. The number of piperazine rings is 1. The first kappa shape index (κ1) is 18.6. The number of amides is 2. The van der Waals surface area contributed by atoms with Crippen LogP contribution in [0, 0.1) is 5.92 Å². The molecule has 3 heterocycles. The fourth-order valence-corrected chi connectivity index (χ4v) is 4.17. The summed E-state index contributed by atoms with van der Waals surface area (Å²) >= 11 is 0. The lowest BCUT2D eigenvalue weighted by molar-refractivity contribution is -0.140. The number of carbonyl (C=O) groups excluding carboxylic acids is 2. The maximum atomic E-state index is 13.3. The first-order valence-electron chi connectivity index (χ1n) is 9.99. The van der Waals surface area contributed by atoms with Gasteiger partial charge >= 0.3 is 0 Å². The van der Waals surface area contributed by atoms with Crippen molar-refractivity contribution in [3.8, 4) is 0 Å². The quantitative estimate of drug-likeness (QED) is 0.888. The number of hydrogen-bond acceptors (Lipinski definition) is 4. The molecule has 4 rings (SSSR count). The van der Waals surface area contributed by atoms with Gasteiger partial charge in [0.05, 0.1) is 6.04 Å². The molecule has 1 N–H and O–H groups in total. The Morgan fingerprint density at radius 3 is 2.50 bits per heavy atom. The molecule has 1 aromatic carbocycles. The molecule has 0 radical (unpaired) electrons. The minimum Gasteiger partial charge on any atom is -0.339 e. The lowest BCUT2D eigenvalue weighted by atomic mass is 9.93. The highest BCUT2D eigenvalue weighted by Crippen LogP contribution is 2.27. The number of hydrogen-bond donors (Lipinski definition) is 1. The van der Waals surface area contributed by atoms with E-state index >= 15 is 0 Å². The molecule has 2 aromatic rings. The molecule has 0 aliphatic carbocycles. The van der Waals surface area contributed by atoms with Crippen molar-refractivity contribution < 1.29 is 9.59 Å². The number of pyridine rings is 1. The van der Waals surface area contributed by atoms with Crippen LogP contribution in [0.25, 0.3) is 0 Å². The zero-order valence-electron chi connectivity index (χ0n) is 16.0. The minimum absolute atomic E-state index is 0.0166. The minimum atomic E-state index is -0.0166. The van der Waals surface area contributed by atoms with Gasteiger partial charge in [-0.25, -0.2) is 0 Å². The Morgan fingerprint density at radius 1 is 1.00 bits per heavy atom. The van der Waals surface area contributed by atoms with Crippen LogP contribution in [0.4, 0.5) is 0 Å². The SMILES string of the molecule is O=C(c1ccccc1)N1CCC(C(=O)N2CCNCC2c2cccnc2)CC1. The molecule has 2 aliphatic heterocycles. The topological polar surface area (TPSA) is 65.5 Å². The highest BCUT2D eigenvalue weighted by Gasteiger charge is 2.35. The van der Waals surface area contributed by atoms with E-state index in [0.29, 0.717) is 25.2 Å². The van der Waals surface area contributed by atoms with E-state index in [-0.39, 0.29) is 23.8 Å². The van der Waals surface area contributed by atoms with E-state index in [4.69, 9.17) is 0 Å². The molecule has 0 spiro atoms. The molecule has 28 heavy (non-hydrogen) atoms. The number of benzene rings is 1. The zero-order valence-corrected chi connectivity index (χ0v) is 16.0. The number of piperidine rings is 1. The molecule has 6 heteroatoms. The third kappa shape index (κ3) is 3.92. The summed E-state index contributed by atoms with van der Waals surface area (Å²) < 4.78 is 0. The molecule has 146 valence electrons. The van der Waals surface area contributed by atoms with Gasteiger partial charge in [0.15, 0.2) is 0 Å². The highest BCUT2D eigenvalue weighted by molar-refractivity contribution is 5.94. The number of carbonyl (C=O) groups is 2. The van der Waals surface area contributed by atoms with Crippen molar-refractivity contribution in [1.29, 1.82) is 0 Å². The summed E-state index contributed by atoms with van der Waals surface area (Å²) in [4.78, 5) is 34.0. The van der Waals surface area contributed by atoms with Gasteiger partial charge in [-0.3, -0.25) is 14.6 Å². The Kier molecular flexibility index (Phi) is 5.67. The Bertz CT molecular complexity index is 804. The van der Waals surface area contributed by atoms with Crippen molar-refractivity contribution in [2.24, 2.45) is 5.92 Å². The van der Waals surface area contributed by atoms with Crippen LogP contribution in [-0.2, 0) is 4.79 Å². The first-order valence-corrected chi connectivity index (χ1v) is 9.99. The number of aromatic nitrogens is 1. The van der Waals surface area contributed by atoms with E-state index in [9.17, 15) is 9.59 Å². The number of likely N-dealkylation sites (tertiary alicyclic amines) is 1. The lowest BCUT2D eigenvalue weighted by Gasteiger charge is -2.40. The number of rotatable bonds is 3. The summed E-state index contributed by atoms with van der Waals surface area (Å²) in [6.45, 7) is 3.54. The van der Waals surface area contributed by atoms with Gasteiger partial charge in [-0.1, -0.05) is 24.3 Å². The second kappa shape index (κ2) is 8.52. The van der Waals surface area contributed by atoms with E-state index in [0.717, 1.165) is 31.5 Å². The van der Waals surface area contributed by atoms with Gasteiger partial charge in [-0.05, 0) is 36.6 Å². The Balaban J connectivity index is 1.40. The van der Waals surface area contributed by atoms with Crippen LogP contribution in [-0.4, -0.2) is 59.3 Å². The summed E-state index contributed by atoms with van der Waals surface area (Å²) in [5.74, 6) is 0.251. The summed E-state index contributed by atoms with van der Waals surface area (Å²) in [7, 11) is 0. The van der Waals surface area contributed by atoms with Crippen LogP contribution in [0.5, 0.6) is 0 Å². The maximum absolute atomic E-state index is 13.3. The van der Waals surface area contributed by atoms with Crippen molar-refractivity contribution in [3.63, 3.8) is 0 Å². The smallest absolute Gasteiger partial charge is 0.253 e. The molecule has 6 nitrogen and oxygen atoms in total. The van der Waals surface area contributed by atoms with Gasteiger partial charge in [0.1, 0.15) is 0 Å². The monoisotopic (exact) mass is 378 g/mol. The Labute approximate surface area is 165 Å². The fourth-order valence-electron chi connectivity index (χ4n) is 4.17. The van der Waals surface area contributed by atoms with Crippen LogP contribution in [0.2, 0.25) is 0 Å². The van der Waals surface area contributed by atoms with E-state index in [1.54, 1.807) is 6.20 Å². The van der Waals surface area contributed by atoms with Gasteiger partial charge in [0, 0.05) is 56.6 Å². The Morgan fingerprint density at radius 2 is 1.79 bits per heavy atom. The van der Waals surface area contributed by atoms with Crippen molar-refractivity contribution in [1.82, 2.24) is 20.1 Å². The van der Waals surface area contributed by atoms with Gasteiger partial charge in [-0.2, -0.15) is 0 Å². The summed E-state index contributed by atoms with van der Waals surface area (Å²) in [5.41, 5.74) is 1.78. The van der Waals surface area contributed by atoms with Crippen LogP contribution in [0.15, 0.2) is 54.9 Å². The standard InChI is InChI=1S/C22H26N4O2/c27-21(17-5-2-1-3-6-17)25-12-8-18(9-13-25)22(28)26-14-11-24-16-20(26)19-7-4-10-23-15-19/h1-7,10,15,18,20,24H,8-9,11-14,16H2. The van der Waals surface area contributed by atoms with E-state index in [2.05, 4.69) is 10.3 Å². The molecule has 1 atom stereocenters. The molecule has 1 aromatic heterocycles. The third-order valence-corrected chi connectivity index (χ3v) is 5.75. The second-order valence-electron chi connectivity index (χ2n) is 7.47. The molecular formula is C22H26N4O2. The molecule has 0 saturated carbocycles. The predicted octanol–water partition coefficient (Wildman–Crippen LogP) is 2.11. The van der Waals surface area contributed by atoms with Gasteiger partial charge in [0.25, 0.3) is 5.91 Å². The van der Waals surface area contributed by atoms with Crippen LogP contribution >= 0.6 is 0 Å². The molecule has 2 aliphatic rings. The Hall–Kier alpha value is -2.73. The van der Waals surface area contributed by atoms with Crippen molar-refractivity contribution in [2.45, 2.75) is 18.9 Å². The van der Waals surface area contributed by atoms with Crippen LogP contribution in [0.3, 0.4) is 0 Å². The number of nitrogens with zero attached hydrogens (tertiary/aromatic N) is 3. The molecule has 2 amide bonds. The molecule has 2 saturated heterocycles. The lowest BCUT2D eigenvalue weighted by Crippen LogP contribution is -2.52. The molecule has 1 unspecified atom stereocenters. The zero-order chi connectivity index (χ0) is 19.3. The van der Waals surface area contributed by atoms with Crippen molar-refractivity contribution >= 4 is 11.8 Å². The van der Waals surface area contributed by atoms with Crippen molar-refractivity contribution in [3.05, 3.63) is 66.0 Å². The highest BCUT2D eigenvalue weighted by atomic mass is 16.2. The summed E-state index contributed by atoms with van der Waals surface area (Å²) in [6, 6.07) is 13.3. The average molecular weight is 378 g/mol. The third-order valence-electron chi connectivity index (χ3n) is 5.75. The van der Waals surface area contributed by atoms with Gasteiger partial charge < -0.3 is 15.1 Å². The fraction of sp³-hybridized carbons (Fsp3) is 0.409. The maximum Gasteiger partial charge on any atom is 0.253 e. The van der Waals surface area contributed by atoms with E-state index < -0.39 is 0 Å². The van der Waals surface area contributed by atoms with Crippen molar-refractivity contribution in [2.75, 3.05) is 32.7 Å². The number of nitrogens with one attached hydrogen (secondary N) is 1. The van der Waals surface area contributed by atoms with E-state index in [1.807, 2.05) is 58.5 Å². The van der Waals surface area contributed by atoms with Crippen LogP contribution < -0.4 is 5.32 Å². The second-order valence-corrected chi connectivity index (χ2v) is 7.47. The van der Waals surface area contributed by atoms with Gasteiger partial charge in [0.2, 0.25) is 5.91 Å². The molecular weight excluding hydrogens is 352 g/mol.